The second-order valence-electron chi connectivity index (χ2n) is 5.21. The third-order valence-electron chi connectivity index (χ3n) is 3.50. The molecule has 1 aliphatic rings. The standard InChI is InChI=1S/C15H13ClFN4O2/c1-3-15(2)13(22)20-10-6-8(4-5-11(10)23-15)19-12-9(17)7-18-14(16)21-12/h4-7H,1,3H2,2H3,(H,20,22)(H,18,19,21). The van der Waals surface area contributed by atoms with E-state index in [1.54, 1.807) is 25.1 Å². The molecular weight excluding hydrogens is 323 g/mol. The zero-order valence-electron chi connectivity index (χ0n) is 12.2. The molecule has 6 nitrogen and oxygen atoms in total. The van der Waals surface area contributed by atoms with Crippen LogP contribution in [0.2, 0.25) is 5.28 Å². The lowest BCUT2D eigenvalue weighted by molar-refractivity contribution is -0.130. The van der Waals surface area contributed by atoms with Gasteiger partial charge >= 0.3 is 0 Å². The molecule has 1 radical (unpaired) electrons. The minimum atomic E-state index is -1.01. The highest BCUT2D eigenvalue weighted by Gasteiger charge is 2.38. The second kappa shape index (κ2) is 5.66. The Morgan fingerprint density at radius 2 is 2.30 bits per heavy atom. The van der Waals surface area contributed by atoms with Gasteiger partial charge in [0.25, 0.3) is 5.91 Å². The lowest BCUT2D eigenvalue weighted by Gasteiger charge is -2.33. The number of carbonyl (C=O) groups excluding carboxylic acids is 1. The summed E-state index contributed by atoms with van der Waals surface area (Å²) < 4.78 is 19.4. The summed E-state index contributed by atoms with van der Waals surface area (Å²) in [6.45, 7) is 5.40. The average Bonchev–Trinajstić information content (AvgIpc) is 2.52. The van der Waals surface area contributed by atoms with Crippen molar-refractivity contribution in [3.63, 3.8) is 0 Å². The monoisotopic (exact) mass is 335 g/mol. The Labute approximate surface area is 137 Å². The number of hydrogen-bond acceptors (Lipinski definition) is 5. The SMILES string of the molecule is [CH2]CC1(C)Oc2ccc(Nc3nc(Cl)ncc3F)cc2NC1=O. The van der Waals surface area contributed by atoms with E-state index in [4.69, 9.17) is 16.3 Å². The lowest BCUT2D eigenvalue weighted by Crippen LogP contribution is -2.47. The van der Waals surface area contributed by atoms with Crippen molar-refractivity contribution in [3.8, 4) is 5.75 Å². The van der Waals surface area contributed by atoms with Gasteiger partial charge in [0.15, 0.2) is 17.2 Å². The number of fused-ring (bicyclic) bond motifs is 1. The molecule has 0 fully saturated rings. The molecule has 0 aliphatic carbocycles. The molecule has 3 rings (SSSR count). The normalized spacial score (nSPS) is 19.6. The van der Waals surface area contributed by atoms with Crippen molar-refractivity contribution < 1.29 is 13.9 Å². The largest absolute Gasteiger partial charge is 0.476 e. The number of halogens is 2. The molecule has 1 unspecified atom stereocenters. The highest BCUT2D eigenvalue weighted by Crippen LogP contribution is 2.37. The molecule has 1 aliphatic heterocycles. The average molecular weight is 336 g/mol. The van der Waals surface area contributed by atoms with Gasteiger partial charge in [0.05, 0.1) is 11.9 Å². The summed E-state index contributed by atoms with van der Waals surface area (Å²) in [5, 5.41) is 5.47. The Morgan fingerprint density at radius 3 is 3.04 bits per heavy atom. The van der Waals surface area contributed by atoms with Crippen molar-refractivity contribution in [2.45, 2.75) is 18.9 Å². The number of amides is 1. The molecule has 23 heavy (non-hydrogen) atoms. The predicted octanol–water partition coefficient (Wildman–Crippen LogP) is 3.33. The molecule has 1 aromatic heterocycles. The van der Waals surface area contributed by atoms with Crippen LogP contribution in [-0.4, -0.2) is 21.5 Å². The van der Waals surface area contributed by atoms with Crippen LogP contribution in [0.4, 0.5) is 21.6 Å². The van der Waals surface area contributed by atoms with Crippen LogP contribution in [0, 0.1) is 12.7 Å². The number of rotatable bonds is 3. The molecule has 1 atom stereocenters. The van der Waals surface area contributed by atoms with Gasteiger partial charge in [-0.05, 0) is 50.1 Å². The Bertz CT molecular complexity index is 786. The van der Waals surface area contributed by atoms with E-state index in [9.17, 15) is 9.18 Å². The van der Waals surface area contributed by atoms with Gasteiger partial charge < -0.3 is 15.4 Å². The molecule has 0 spiro atoms. The lowest BCUT2D eigenvalue weighted by atomic mass is 10.00. The molecule has 2 heterocycles. The quantitative estimate of drug-likeness (QED) is 0.841. The van der Waals surface area contributed by atoms with Crippen LogP contribution in [0.5, 0.6) is 5.75 Å². The van der Waals surface area contributed by atoms with Crippen LogP contribution in [0.3, 0.4) is 0 Å². The van der Waals surface area contributed by atoms with Crippen LogP contribution in [0.25, 0.3) is 0 Å². The zero-order valence-corrected chi connectivity index (χ0v) is 12.9. The van der Waals surface area contributed by atoms with E-state index < -0.39 is 11.4 Å². The molecule has 1 aromatic carbocycles. The van der Waals surface area contributed by atoms with Crippen molar-refractivity contribution in [2.75, 3.05) is 10.6 Å². The molecule has 2 N–H and O–H groups in total. The maximum atomic E-state index is 13.7. The Balaban J connectivity index is 1.89. The first kappa shape index (κ1) is 15.5. The van der Waals surface area contributed by atoms with Crippen LogP contribution >= 0.6 is 11.6 Å². The molecule has 0 saturated carbocycles. The van der Waals surface area contributed by atoms with E-state index >= 15 is 0 Å². The summed E-state index contributed by atoms with van der Waals surface area (Å²) in [5.41, 5.74) is -0.0140. The van der Waals surface area contributed by atoms with Crippen molar-refractivity contribution in [3.05, 3.63) is 42.4 Å². The number of hydrogen-bond donors (Lipinski definition) is 2. The Morgan fingerprint density at radius 1 is 1.52 bits per heavy atom. The van der Waals surface area contributed by atoms with Gasteiger partial charge in [-0.25, -0.2) is 9.37 Å². The van der Waals surface area contributed by atoms with Gasteiger partial charge in [0, 0.05) is 5.69 Å². The number of nitrogens with one attached hydrogen (secondary N) is 2. The fraction of sp³-hybridized carbons (Fsp3) is 0.200. The minimum absolute atomic E-state index is 0.0596. The predicted molar refractivity (Wildman–Crippen MR) is 84.4 cm³/mol. The summed E-state index contributed by atoms with van der Waals surface area (Å²) in [4.78, 5) is 19.4. The van der Waals surface area contributed by atoms with Crippen LogP contribution < -0.4 is 15.4 Å². The number of anilines is 3. The number of nitrogens with zero attached hydrogens (tertiary/aromatic N) is 2. The molecular formula is C15H13ClFN4O2. The second-order valence-corrected chi connectivity index (χ2v) is 5.55. The van der Waals surface area contributed by atoms with Gasteiger partial charge in [0.2, 0.25) is 5.28 Å². The molecule has 1 amide bonds. The number of carbonyl (C=O) groups is 1. The van der Waals surface area contributed by atoms with Gasteiger partial charge in [-0.2, -0.15) is 4.98 Å². The maximum Gasteiger partial charge on any atom is 0.268 e. The zero-order chi connectivity index (χ0) is 16.6. The molecule has 0 saturated heterocycles. The van der Waals surface area contributed by atoms with Crippen LogP contribution in [0.15, 0.2) is 24.4 Å². The first-order valence-corrected chi connectivity index (χ1v) is 7.18. The van der Waals surface area contributed by atoms with Gasteiger partial charge in [-0.3, -0.25) is 4.79 Å². The van der Waals surface area contributed by atoms with E-state index in [-0.39, 0.29) is 17.0 Å². The molecule has 8 heteroatoms. The smallest absolute Gasteiger partial charge is 0.268 e. The van der Waals surface area contributed by atoms with Gasteiger partial charge in [-0.15, -0.1) is 0 Å². The first-order valence-electron chi connectivity index (χ1n) is 6.80. The van der Waals surface area contributed by atoms with Crippen molar-refractivity contribution in [2.24, 2.45) is 0 Å². The summed E-state index contributed by atoms with van der Waals surface area (Å²) in [7, 11) is 0. The number of ether oxygens (including phenoxy) is 1. The fourth-order valence-corrected chi connectivity index (χ4v) is 2.21. The Kier molecular flexibility index (Phi) is 3.81. The first-order chi connectivity index (χ1) is 10.9. The minimum Gasteiger partial charge on any atom is -0.476 e. The van der Waals surface area contributed by atoms with Crippen molar-refractivity contribution >= 4 is 34.7 Å². The van der Waals surface area contributed by atoms with E-state index in [1.807, 2.05) is 0 Å². The summed E-state index contributed by atoms with van der Waals surface area (Å²) >= 11 is 5.65. The van der Waals surface area contributed by atoms with Crippen molar-refractivity contribution in [1.29, 1.82) is 0 Å². The van der Waals surface area contributed by atoms with Gasteiger partial charge in [0.1, 0.15) is 5.75 Å². The van der Waals surface area contributed by atoms with Crippen LogP contribution in [0.1, 0.15) is 13.3 Å². The third-order valence-corrected chi connectivity index (χ3v) is 3.68. The van der Waals surface area contributed by atoms with E-state index in [0.717, 1.165) is 6.20 Å². The van der Waals surface area contributed by atoms with Crippen LogP contribution in [-0.2, 0) is 4.79 Å². The van der Waals surface area contributed by atoms with Gasteiger partial charge in [-0.1, -0.05) is 0 Å². The molecule has 0 bridgehead atoms. The number of benzene rings is 1. The van der Waals surface area contributed by atoms with E-state index in [0.29, 0.717) is 23.5 Å². The van der Waals surface area contributed by atoms with E-state index in [1.165, 1.54) is 0 Å². The topological polar surface area (TPSA) is 76.1 Å². The van der Waals surface area contributed by atoms with E-state index in [2.05, 4.69) is 27.5 Å². The fourth-order valence-electron chi connectivity index (χ4n) is 2.07. The highest BCUT2D eigenvalue weighted by molar-refractivity contribution is 6.28. The molecule has 119 valence electrons. The van der Waals surface area contributed by atoms with Crippen molar-refractivity contribution in [1.82, 2.24) is 9.97 Å². The summed E-state index contributed by atoms with van der Waals surface area (Å²) in [5.74, 6) is -0.469. The summed E-state index contributed by atoms with van der Waals surface area (Å²) in [6, 6.07) is 4.96. The number of aromatic nitrogens is 2. The molecule has 2 aromatic rings. The Hall–Kier alpha value is -2.41. The summed E-state index contributed by atoms with van der Waals surface area (Å²) in [6.07, 6.45) is 1.27. The third kappa shape index (κ3) is 2.92. The maximum absolute atomic E-state index is 13.7. The highest BCUT2D eigenvalue weighted by atomic mass is 35.5.